The zero-order chi connectivity index (χ0) is 13.8. The summed E-state index contributed by atoms with van der Waals surface area (Å²) in [5.41, 5.74) is 0.690. The minimum atomic E-state index is -0.186. The van der Waals surface area contributed by atoms with Gasteiger partial charge in [0.25, 0.3) is 0 Å². The van der Waals surface area contributed by atoms with Crippen LogP contribution in [0.25, 0.3) is 0 Å². The maximum atomic E-state index is 14.0. The van der Waals surface area contributed by atoms with Gasteiger partial charge < -0.3 is 5.32 Å². The van der Waals surface area contributed by atoms with E-state index in [2.05, 4.69) is 5.32 Å². The van der Waals surface area contributed by atoms with Crippen LogP contribution >= 0.6 is 23.4 Å². The fourth-order valence-corrected chi connectivity index (χ4v) is 3.20. The minimum Gasteiger partial charge on any atom is -0.313 e. The van der Waals surface area contributed by atoms with Crippen molar-refractivity contribution in [3.63, 3.8) is 0 Å². The first-order chi connectivity index (χ1) is 9.11. The third kappa shape index (κ3) is 3.50. The Morgan fingerprint density at radius 1 is 1.21 bits per heavy atom. The Balaban J connectivity index is 2.37. The first kappa shape index (κ1) is 14.4. The molecule has 100 valence electrons. The van der Waals surface area contributed by atoms with Crippen LogP contribution in [0.3, 0.4) is 0 Å². The predicted octanol–water partition coefficient (Wildman–Crippen LogP) is 4.91. The number of nitrogens with one attached hydrogen (secondary N) is 1. The maximum absolute atomic E-state index is 14.0. The van der Waals surface area contributed by atoms with Gasteiger partial charge in [-0.25, -0.2) is 4.39 Å². The van der Waals surface area contributed by atoms with Gasteiger partial charge in [-0.3, -0.25) is 0 Å². The Morgan fingerprint density at radius 3 is 2.63 bits per heavy atom. The summed E-state index contributed by atoms with van der Waals surface area (Å²) >= 11 is 7.49. The van der Waals surface area contributed by atoms with E-state index in [1.807, 2.05) is 44.3 Å². The first-order valence-corrected chi connectivity index (χ1v) is 7.20. The van der Waals surface area contributed by atoms with Gasteiger partial charge in [0.15, 0.2) is 0 Å². The van der Waals surface area contributed by atoms with E-state index in [-0.39, 0.29) is 11.9 Å². The van der Waals surface area contributed by atoms with Crippen LogP contribution in [0.1, 0.15) is 18.5 Å². The Kier molecular flexibility index (Phi) is 4.86. The maximum Gasteiger partial charge on any atom is 0.129 e. The average molecular weight is 296 g/mol. The summed E-state index contributed by atoms with van der Waals surface area (Å²) < 4.78 is 14.0. The Bertz CT molecular complexity index is 574. The molecule has 2 aromatic carbocycles. The number of benzene rings is 2. The highest BCUT2D eigenvalue weighted by atomic mass is 35.5. The van der Waals surface area contributed by atoms with E-state index in [4.69, 9.17) is 11.6 Å². The van der Waals surface area contributed by atoms with Crippen molar-refractivity contribution >= 4 is 23.4 Å². The van der Waals surface area contributed by atoms with Crippen LogP contribution in [-0.2, 0) is 0 Å². The molecule has 1 nitrogen and oxygen atoms in total. The summed E-state index contributed by atoms with van der Waals surface area (Å²) in [6.45, 7) is 1.94. The zero-order valence-corrected chi connectivity index (χ0v) is 12.4. The highest BCUT2D eigenvalue weighted by molar-refractivity contribution is 7.99. The molecule has 0 aromatic heterocycles. The molecule has 0 aliphatic carbocycles. The van der Waals surface area contributed by atoms with Crippen molar-refractivity contribution in [1.29, 1.82) is 0 Å². The van der Waals surface area contributed by atoms with E-state index in [9.17, 15) is 4.39 Å². The monoisotopic (exact) mass is 295 g/mol. The van der Waals surface area contributed by atoms with Crippen LogP contribution < -0.4 is 5.32 Å². The standard InChI is InChI=1S/C15H15ClFNS/c1-10(18-2)15-13(17)7-4-8-14(15)19-12-6-3-5-11(16)9-12/h3-10,18H,1-2H3. The molecule has 1 unspecified atom stereocenters. The lowest BCUT2D eigenvalue weighted by molar-refractivity contribution is 0.552. The van der Waals surface area contributed by atoms with Crippen molar-refractivity contribution in [1.82, 2.24) is 5.32 Å². The number of hydrogen-bond acceptors (Lipinski definition) is 2. The molecule has 0 aliphatic rings. The fraction of sp³-hybridized carbons (Fsp3) is 0.200. The van der Waals surface area contributed by atoms with E-state index >= 15 is 0 Å². The Labute approximate surface area is 122 Å². The lowest BCUT2D eigenvalue weighted by atomic mass is 10.1. The average Bonchev–Trinajstić information content (AvgIpc) is 2.38. The molecule has 0 saturated heterocycles. The Hall–Kier alpha value is -1.03. The summed E-state index contributed by atoms with van der Waals surface area (Å²) in [5, 5.41) is 3.77. The van der Waals surface area contributed by atoms with Gasteiger partial charge in [-0.1, -0.05) is 35.5 Å². The lowest BCUT2D eigenvalue weighted by Crippen LogP contribution is -2.14. The number of rotatable bonds is 4. The molecule has 0 heterocycles. The summed E-state index contributed by atoms with van der Waals surface area (Å²) in [5.74, 6) is -0.186. The normalized spacial score (nSPS) is 12.4. The quantitative estimate of drug-likeness (QED) is 0.860. The Morgan fingerprint density at radius 2 is 1.95 bits per heavy atom. The van der Waals surface area contributed by atoms with Crippen molar-refractivity contribution in [3.05, 3.63) is 58.9 Å². The zero-order valence-electron chi connectivity index (χ0n) is 10.8. The fourth-order valence-electron chi connectivity index (χ4n) is 1.83. The van der Waals surface area contributed by atoms with E-state index in [1.54, 1.807) is 6.07 Å². The summed E-state index contributed by atoms with van der Waals surface area (Å²) in [6.07, 6.45) is 0. The second kappa shape index (κ2) is 6.42. The molecule has 0 radical (unpaired) electrons. The van der Waals surface area contributed by atoms with E-state index in [0.717, 1.165) is 9.79 Å². The number of halogens is 2. The predicted molar refractivity (Wildman–Crippen MR) is 79.4 cm³/mol. The second-order valence-corrected chi connectivity index (χ2v) is 5.77. The van der Waals surface area contributed by atoms with Gasteiger partial charge in [-0.05, 0) is 44.3 Å². The van der Waals surface area contributed by atoms with Crippen LogP contribution in [0.5, 0.6) is 0 Å². The molecule has 0 spiro atoms. The largest absolute Gasteiger partial charge is 0.313 e. The molecular weight excluding hydrogens is 281 g/mol. The molecule has 1 N–H and O–H groups in total. The molecule has 2 aromatic rings. The second-order valence-electron chi connectivity index (χ2n) is 4.22. The molecular formula is C15H15ClFNS. The van der Waals surface area contributed by atoms with Crippen molar-refractivity contribution in [3.8, 4) is 0 Å². The summed E-state index contributed by atoms with van der Waals surface area (Å²) in [7, 11) is 1.82. The van der Waals surface area contributed by atoms with Gasteiger partial charge in [0.05, 0.1) is 0 Å². The van der Waals surface area contributed by atoms with E-state index in [0.29, 0.717) is 10.6 Å². The molecule has 0 saturated carbocycles. The number of hydrogen-bond donors (Lipinski definition) is 1. The summed E-state index contributed by atoms with van der Waals surface area (Å²) in [4.78, 5) is 1.91. The molecule has 0 fully saturated rings. The molecule has 19 heavy (non-hydrogen) atoms. The summed E-state index contributed by atoms with van der Waals surface area (Å²) in [6, 6.07) is 12.7. The van der Waals surface area contributed by atoms with Crippen LogP contribution in [0.15, 0.2) is 52.3 Å². The van der Waals surface area contributed by atoms with Crippen LogP contribution in [-0.4, -0.2) is 7.05 Å². The van der Waals surface area contributed by atoms with Crippen molar-refractivity contribution in [2.24, 2.45) is 0 Å². The molecule has 2 rings (SSSR count). The SMILES string of the molecule is CNC(C)c1c(F)cccc1Sc1cccc(Cl)c1. The highest BCUT2D eigenvalue weighted by Crippen LogP contribution is 2.35. The van der Waals surface area contributed by atoms with E-state index < -0.39 is 0 Å². The third-order valence-corrected chi connectivity index (χ3v) is 4.20. The molecule has 1 atom stereocenters. The van der Waals surface area contributed by atoms with Gasteiger partial charge in [-0.2, -0.15) is 0 Å². The van der Waals surface area contributed by atoms with Crippen molar-refractivity contribution < 1.29 is 4.39 Å². The molecule has 0 amide bonds. The van der Waals surface area contributed by atoms with Crippen molar-refractivity contribution in [2.45, 2.75) is 22.8 Å². The topological polar surface area (TPSA) is 12.0 Å². The van der Waals surface area contributed by atoms with Gasteiger partial charge in [0.1, 0.15) is 5.82 Å². The van der Waals surface area contributed by atoms with Crippen LogP contribution in [0, 0.1) is 5.82 Å². The molecule has 0 aliphatic heterocycles. The van der Waals surface area contributed by atoms with Gasteiger partial charge >= 0.3 is 0 Å². The van der Waals surface area contributed by atoms with Crippen molar-refractivity contribution in [2.75, 3.05) is 7.05 Å². The van der Waals surface area contributed by atoms with Gasteiger partial charge in [0, 0.05) is 26.4 Å². The molecule has 4 heteroatoms. The highest BCUT2D eigenvalue weighted by Gasteiger charge is 2.15. The lowest BCUT2D eigenvalue weighted by Gasteiger charge is -2.16. The van der Waals surface area contributed by atoms with Gasteiger partial charge in [-0.15, -0.1) is 0 Å². The smallest absolute Gasteiger partial charge is 0.129 e. The minimum absolute atomic E-state index is 0.0390. The van der Waals surface area contributed by atoms with Gasteiger partial charge in [0.2, 0.25) is 0 Å². The first-order valence-electron chi connectivity index (χ1n) is 6.01. The van der Waals surface area contributed by atoms with E-state index in [1.165, 1.54) is 17.8 Å². The van der Waals surface area contributed by atoms with Crippen LogP contribution in [0.4, 0.5) is 4.39 Å². The molecule has 0 bridgehead atoms. The van der Waals surface area contributed by atoms with Crippen LogP contribution in [0.2, 0.25) is 5.02 Å². The third-order valence-electron chi connectivity index (χ3n) is 2.90.